The highest BCUT2D eigenvalue weighted by Gasteiger charge is 2.38. The average molecular weight is 423 g/mol. The molecule has 1 amide bonds. The van der Waals surface area contributed by atoms with Crippen molar-refractivity contribution in [3.05, 3.63) is 62.4 Å². The van der Waals surface area contributed by atoms with Crippen LogP contribution in [0.25, 0.3) is 0 Å². The fourth-order valence-corrected chi connectivity index (χ4v) is 3.97. The van der Waals surface area contributed by atoms with E-state index in [1.165, 1.54) is 17.2 Å². The quantitative estimate of drug-likeness (QED) is 0.539. The second-order valence-corrected chi connectivity index (χ2v) is 8.73. The summed E-state index contributed by atoms with van der Waals surface area (Å²) in [5, 5.41) is 16.6. The number of pyridine rings is 1. The van der Waals surface area contributed by atoms with Gasteiger partial charge in [0.2, 0.25) is 0 Å². The molecule has 1 atom stereocenters. The summed E-state index contributed by atoms with van der Waals surface area (Å²) >= 11 is 0. The van der Waals surface area contributed by atoms with Crippen molar-refractivity contribution < 1.29 is 9.90 Å². The number of nitrogens with zero attached hydrogens (tertiary/aromatic N) is 3. The summed E-state index contributed by atoms with van der Waals surface area (Å²) in [6, 6.07) is 5.24. The Kier molecular flexibility index (Phi) is 4.83. The third-order valence-electron chi connectivity index (χ3n) is 5.93. The van der Waals surface area contributed by atoms with Crippen molar-refractivity contribution in [2.45, 2.75) is 32.9 Å². The number of amides is 1. The molecule has 162 valence electrons. The first-order valence-electron chi connectivity index (χ1n) is 10.0. The number of aromatic hydroxyl groups is 1. The predicted molar refractivity (Wildman–Crippen MR) is 118 cm³/mol. The molecule has 3 heterocycles. The standard InChI is InChI=1S/C22H25N5O4/c1-22(2)8-11-27-10-5-6-13(27)20(22)25-15-14(18(29)19(15)30)24-12-7-9-23-16(17(12)28)21(31)26(3)4/h5-7,9-10,20,25,28H,8,11H2,1-4H3,(H,23,24). The third-order valence-corrected chi connectivity index (χ3v) is 5.93. The highest BCUT2D eigenvalue weighted by atomic mass is 16.3. The lowest BCUT2D eigenvalue weighted by Crippen LogP contribution is -2.42. The van der Waals surface area contributed by atoms with Crippen LogP contribution in [0.5, 0.6) is 5.75 Å². The normalized spacial score (nSPS) is 17.2. The number of hydrogen-bond donors (Lipinski definition) is 3. The van der Waals surface area contributed by atoms with Gasteiger partial charge in [0.05, 0.1) is 11.7 Å². The molecule has 3 aromatic rings. The van der Waals surface area contributed by atoms with Crippen molar-refractivity contribution in [1.29, 1.82) is 0 Å². The number of hydrogen-bond acceptors (Lipinski definition) is 7. The van der Waals surface area contributed by atoms with E-state index in [1.807, 2.05) is 18.3 Å². The minimum Gasteiger partial charge on any atom is -0.504 e. The maximum atomic E-state index is 12.4. The average Bonchev–Trinajstić information content (AvgIpc) is 3.20. The molecule has 1 aliphatic heterocycles. The van der Waals surface area contributed by atoms with Gasteiger partial charge >= 0.3 is 0 Å². The molecule has 0 bridgehead atoms. The van der Waals surface area contributed by atoms with Crippen molar-refractivity contribution in [2.24, 2.45) is 5.41 Å². The first-order chi connectivity index (χ1) is 14.6. The van der Waals surface area contributed by atoms with E-state index in [0.717, 1.165) is 18.7 Å². The fourth-order valence-electron chi connectivity index (χ4n) is 3.97. The lowest BCUT2D eigenvalue weighted by atomic mass is 9.77. The summed E-state index contributed by atoms with van der Waals surface area (Å²) in [5.41, 5.74) is -0.168. The van der Waals surface area contributed by atoms with Crippen LogP contribution in [0.3, 0.4) is 0 Å². The zero-order valence-corrected chi connectivity index (χ0v) is 17.9. The van der Waals surface area contributed by atoms with Gasteiger partial charge in [0, 0.05) is 38.7 Å². The monoisotopic (exact) mass is 423 g/mol. The molecule has 2 aromatic heterocycles. The van der Waals surface area contributed by atoms with E-state index >= 15 is 0 Å². The molecule has 0 saturated carbocycles. The van der Waals surface area contributed by atoms with Crippen molar-refractivity contribution in [3.8, 4) is 5.75 Å². The molecule has 9 heteroatoms. The molecule has 0 aliphatic carbocycles. The molecule has 0 radical (unpaired) electrons. The van der Waals surface area contributed by atoms with Crippen LogP contribution in [0.4, 0.5) is 17.1 Å². The minimum absolute atomic E-state index is 0.0641. The Morgan fingerprint density at radius 1 is 1.23 bits per heavy atom. The Morgan fingerprint density at radius 2 is 1.94 bits per heavy atom. The van der Waals surface area contributed by atoms with E-state index in [1.54, 1.807) is 14.1 Å². The van der Waals surface area contributed by atoms with Gasteiger partial charge in [0.1, 0.15) is 11.4 Å². The first-order valence-corrected chi connectivity index (χ1v) is 10.0. The number of aryl methyl sites for hydroxylation is 1. The largest absolute Gasteiger partial charge is 0.504 e. The van der Waals surface area contributed by atoms with Gasteiger partial charge in [0.15, 0.2) is 11.4 Å². The maximum absolute atomic E-state index is 12.4. The zero-order valence-electron chi connectivity index (χ0n) is 17.9. The van der Waals surface area contributed by atoms with E-state index in [9.17, 15) is 19.5 Å². The van der Waals surface area contributed by atoms with Gasteiger partial charge in [-0.05, 0) is 30.0 Å². The summed E-state index contributed by atoms with van der Waals surface area (Å²) in [6.45, 7) is 5.12. The number of anilines is 3. The molecular formula is C22H25N5O4. The maximum Gasteiger partial charge on any atom is 0.275 e. The summed E-state index contributed by atoms with van der Waals surface area (Å²) in [6.07, 6.45) is 4.26. The minimum atomic E-state index is -0.678. The number of fused-ring (bicyclic) bond motifs is 1. The van der Waals surface area contributed by atoms with Gasteiger partial charge in [-0.3, -0.25) is 14.4 Å². The molecule has 0 spiro atoms. The van der Waals surface area contributed by atoms with Crippen LogP contribution in [0.1, 0.15) is 42.5 Å². The van der Waals surface area contributed by atoms with Crippen LogP contribution in [-0.4, -0.2) is 39.6 Å². The summed E-state index contributed by atoms with van der Waals surface area (Å²) in [5.74, 6) is -0.860. The van der Waals surface area contributed by atoms with Crippen LogP contribution in [0.15, 0.2) is 40.2 Å². The van der Waals surface area contributed by atoms with Gasteiger partial charge in [-0.25, -0.2) is 4.98 Å². The second-order valence-electron chi connectivity index (χ2n) is 8.73. The lowest BCUT2D eigenvalue weighted by Gasteiger charge is -2.41. The van der Waals surface area contributed by atoms with Crippen LogP contribution >= 0.6 is 0 Å². The summed E-state index contributed by atoms with van der Waals surface area (Å²) < 4.78 is 2.13. The molecule has 1 aromatic carbocycles. The zero-order chi connectivity index (χ0) is 22.5. The Morgan fingerprint density at radius 3 is 2.65 bits per heavy atom. The van der Waals surface area contributed by atoms with Gasteiger partial charge in [0.25, 0.3) is 16.8 Å². The van der Waals surface area contributed by atoms with E-state index in [-0.39, 0.29) is 40.0 Å². The molecule has 0 saturated heterocycles. The van der Waals surface area contributed by atoms with Crippen molar-refractivity contribution >= 4 is 23.0 Å². The van der Waals surface area contributed by atoms with E-state index in [4.69, 9.17) is 0 Å². The second kappa shape index (κ2) is 7.26. The van der Waals surface area contributed by atoms with Crippen LogP contribution in [-0.2, 0) is 6.54 Å². The number of carbonyl (C=O) groups excluding carboxylic acids is 1. The predicted octanol–water partition coefficient (Wildman–Crippen LogP) is 2.21. The van der Waals surface area contributed by atoms with Crippen LogP contribution < -0.4 is 21.5 Å². The van der Waals surface area contributed by atoms with Gasteiger partial charge in [-0.15, -0.1) is 0 Å². The van der Waals surface area contributed by atoms with E-state index in [2.05, 4.69) is 34.0 Å². The Bertz CT molecular complexity index is 1230. The van der Waals surface area contributed by atoms with Gasteiger partial charge < -0.3 is 25.2 Å². The topological polar surface area (TPSA) is 117 Å². The van der Waals surface area contributed by atoms with Gasteiger partial charge in [-0.1, -0.05) is 13.8 Å². The highest BCUT2D eigenvalue weighted by molar-refractivity contribution is 5.97. The van der Waals surface area contributed by atoms with Crippen molar-refractivity contribution in [1.82, 2.24) is 14.5 Å². The summed E-state index contributed by atoms with van der Waals surface area (Å²) in [4.78, 5) is 42.2. The van der Waals surface area contributed by atoms with Crippen LogP contribution in [0.2, 0.25) is 0 Å². The molecule has 3 N–H and O–H groups in total. The highest BCUT2D eigenvalue weighted by Crippen LogP contribution is 2.43. The smallest absolute Gasteiger partial charge is 0.275 e. The molecule has 1 unspecified atom stereocenters. The molecular weight excluding hydrogens is 398 g/mol. The lowest BCUT2D eigenvalue weighted by molar-refractivity contribution is 0.0819. The number of aromatic nitrogens is 2. The van der Waals surface area contributed by atoms with Crippen molar-refractivity contribution in [3.63, 3.8) is 0 Å². The Balaban J connectivity index is 1.67. The molecule has 1 aliphatic rings. The fraction of sp³-hybridized carbons (Fsp3) is 0.364. The first kappa shape index (κ1) is 20.6. The Hall–Kier alpha value is -3.62. The molecule has 9 nitrogen and oxygen atoms in total. The summed E-state index contributed by atoms with van der Waals surface area (Å²) in [7, 11) is 3.09. The van der Waals surface area contributed by atoms with Crippen LogP contribution in [0, 0.1) is 5.41 Å². The van der Waals surface area contributed by atoms with Crippen molar-refractivity contribution in [2.75, 3.05) is 24.7 Å². The SMILES string of the molecule is CN(C)C(=O)c1nccc(Nc2c(NC3c4cccn4CCC3(C)C)c(=O)c2=O)c1O. The molecule has 0 fully saturated rings. The number of carbonyl (C=O) groups is 1. The van der Waals surface area contributed by atoms with E-state index in [0.29, 0.717) is 0 Å². The number of rotatable bonds is 5. The molecule has 4 rings (SSSR count). The Labute approximate surface area is 179 Å². The van der Waals surface area contributed by atoms with Gasteiger partial charge in [-0.2, -0.15) is 0 Å². The van der Waals surface area contributed by atoms with E-state index < -0.39 is 16.8 Å². The number of nitrogens with one attached hydrogen (secondary N) is 2. The third kappa shape index (κ3) is 3.35. The molecule has 31 heavy (non-hydrogen) atoms.